The molecule has 0 saturated carbocycles. The molecular weight excluding hydrogens is 591 g/mol. The third-order valence-electron chi connectivity index (χ3n) is 8.75. The Morgan fingerprint density at radius 1 is 0.362 bits per heavy atom. The Morgan fingerprint density at radius 3 is 1.51 bits per heavy atom. The van der Waals surface area contributed by atoms with Gasteiger partial charge in [0.25, 0.3) is 0 Å². The van der Waals surface area contributed by atoms with Crippen molar-refractivity contribution in [2.45, 2.75) is 0 Å². The monoisotopic (exact) mass is 617 g/mol. The van der Waals surface area contributed by atoms with E-state index in [1.54, 1.807) is 11.3 Å². The highest BCUT2D eigenvalue weighted by molar-refractivity contribution is 7.22. The van der Waals surface area contributed by atoms with Crippen LogP contribution in [0.4, 0.5) is 0 Å². The van der Waals surface area contributed by atoms with Crippen molar-refractivity contribution in [1.82, 2.24) is 15.0 Å². The highest BCUT2D eigenvalue weighted by Gasteiger charge is 2.21. The van der Waals surface area contributed by atoms with Crippen LogP contribution in [0.1, 0.15) is 0 Å². The van der Waals surface area contributed by atoms with Gasteiger partial charge in [-0.05, 0) is 61.3 Å². The van der Waals surface area contributed by atoms with Crippen LogP contribution in [-0.2, 0) is 0 Å². The Bertz CT molecular complexity index is 2480. The molecule has 0 bridgehead atoms. The van der Waals surface area contributed by atoms with E-state index < -0.39 is 0 Å². The number of rotatable bonds is 5. The largest absolute Gasteiger partial charge is 0.208 e. The molecule has 47 heavy (non-hydrogen) atoms. The minimum atomic E-state index is 0.655. The van der Waals surface area contributed by atoms with E-state index in [4.69, 9.17) is 15.0 Å². The molecule has 0 unspecified atom stereocenters. The van der Waals surface area contributed by atoms with Gasteiger partial charge in [-0.25, -0.2) is 15.0 Å². The summed E-state index contributed by atoms with van der Waals surface area (Å²) in [5.74, 6) is 1.99. The van der Waals surface area contributed by atoms with E-state index in [1.165, 1.54) is 32.0 Å². The molecule has 0 aliphatic carbocycles. The van der Waals surface area contributed by atoms with Crippen LogP contribution < -0.4 is 0 Å². The molecule has 0 atom stereocenters. The third kappa shape index (κ3) is 4.78. The number of hydrogen-bond donors (Lipinski definition) is 0. The molecule has 2 aromatic heterocycles. The van der Waals surface area contributed by atoms with Gasteiger partial charge < -0.3 is 0 Å². The number of thiophene rings is 1. The van der Waals surface area contributed by atoms with Crippen molar-refractivity contribution in [3.05, 3.63) is 164 Å². The van der Waals surface area contributed by atoms with Crippen molar-refractivity contribution in [1.29, 1.82) is 0 Å². The molecule has 0 amide bonds. The van der Waals surface area contributed by atoms with Crippen LogP contribution >= 0.6 is 11.3 Å². The quantitative estimate of drug-likeness (QED) is 0.180. The predicted molar refractivity (Wildman–Crippen MR) is 197 cm³/mol. The molecule has 0 saturated heterocycles. The standard InChI is InChI=1S/C43H27N3S/c1-3-15-28(16-4-1)31-20-8-13-25-36(31)41-44-42(38-27-30-19-7-14-26-37(30)47-38)46-43(45-41)40-34-23-11-9-21-32(34)39(29-17-5-2-6-18-29)33-22-10-12-24-35(33)40/h1-27H. The Balaban J connectivity index is 1.38. The van der Waals surface area contributed by atoms with Gasteiger partial charge >= 0.3 is 0 Å². The topological polar surface area (TPSA) is 38.7 Å². The first kappa shape index (κ1) is 27.3. The predicted octanol–water partition coefficient (Wildman–Crippen LogP) is 11.7. The molecule has 0 fully saturated rings. The zero-order valence-electron chi connectivity index (χ0n) is 25.3. The Morgan fingerprint density at radius 2 is 0.851 bits per heavy atom. The maximum atomic E-state index is 5.32. The van der Waals surface area contributed by atoms with E-state index in [0.29, 0.717) is 17.5 Å². The van der Waals surface area contributed by atoms with Gasteiger partial charge in [0.05, 0.1) is 4.88 Å². The van der Waals surface area contributed by atoms with E-state index in [-0.39, 0.29) is 0 Å². The SMILES string of the molecule is c1ccc(-c2ccccc2-c2nc(-c3cc4ccccc4s3)nc(-c3c4ccccc4c(-c4ccccc4)c4ccccc34)n2)cc1. The van der Waals surface area contributed by atoms with Crippen LogP contribution in [-0.4, -0.2) is 15.0 Å². The second kappa shape index (κ2) is 11.4. The number of benzene rings is 7. The molecule has 0 aliphatic heterocycles. The average Bonchev–Trinajstić information content (AvgIpc) is 3.59. The van der Waals surface area contributed by atoms with Gasteiger partial charge in [0.15, 0.2) is 17.5 Å². The molecule has 0 spiro atoms. The maximum absolute atomic E-state index is 5.32. The molecule has 0 N–H and O–H groups in total. The van der Waals surface area contributed by atoms with Crippen LogP contribution in [0.5, 0.6) is 0 Å². The molecular formula is C43H27N3S. The van der Waals surface area contributed by atoms with Gasteiger partial charge in [-0.3, -0.25) is 0 Å². The fourth-order valence-electron chi connectivity index (χ4n) is 6.64. The maximum Gasteiger partial charge on any atom is 0.174 e. The zero-order chi connectivity index (χ0) is 31.2. The van der Waals surface area contributed by atoms with Crippen LogP contribution in [0.15, 0.2) is 164 Å². The molecule has 4 heteroatoms. The van der Waals surface area contributed by atoms with Crippen molar-refractivity contribution in [3.63, 3.8) is 0 Å². The van der Waals surface area contributed by atoms with E-state index in [2.05, 4.69) is 158 Å². The summed E-state index contributed by atoms with van der Waals surface area (Å²) < 4.78 is 1.21. The summed E-state index contributed by atoms with van der Waals surface area (Å²) >= 11 is 1.71. The molecule has 9 aromatic rings. The normalized spacial score (nSPS) is 11.4. The molecule has 0 aliphatic rings. The lowest BCUT2D eigenvalue weighted by Crippen LogP contribution is -2.02. The first-order valence-electron chi connectivity index (χ1n) is 15.7. The van der Waals surface area contributed by atoms with Gasteiger partial charge in [-0.2, -0.15) is 0 Å². The molecule has 0 radical (unpaired) electrons. The number of fused-ring (bicyclic) bond motifs is 3. The second-order valence-corrected chi connectivity index (χ2v) is 12.7. The summed E-state index contributed by atoms with van der Waals surface area (Å²) in [7, 11) is 0. The van der Waals surface area contributed by atoms with Crippen LogP contribution in [0, 0.1) is 0 Å². The van der Waals surface area contributed by atoms with Crippen LogP contribution in [0.25, 0.3) is 87.4 Å². The molecule has 9 rings (SSSR count). The fraction of sp³-hybridized carbons (Fsp3) is 0. The minimum Gasteiger partial charge on any atom is -0.208 e. The number of hydrogen-bond acceptors (Lipinski definition) is 4. The second-order valence-electron chi connectivity index (χ2n) is 11.6. The van der Waals surface area contributed by atoms with Gasteiger partial charge in [0.2, 0.25) is 0 Å². The third-order valence-corrected chi connectivity index (χ3v) is 9.86. The lowest BCUT2D eigenvalue weighted by atomic mass is 9.88. The summed E-state index contributed by atoms with van der Waals surface area (Å²) in [4.78, 5) is 16.8. The summed E-state index contributed by atoms with van der Waals surface area (Å²) in [6, 6.07) is 57.4. The minimum absolute atomic E-state index is 0.655. The van der Waals surface area contributed by atoms with Crippen molar-refractivity contribution in [2.75, 3.05) is 0 Å². The van der Waals surface area contributed by atoms with E-state index in [1.807, 2.05) is 6.07 Å². The summed E-state index contributed by atoms with van der Waals surface area (Å²) in [5, 5.41) is 5.75. The molecule has 2 heterocycles. The Labute approximate surface area is 276 Å². The number of aromatic nitrogens is 3. The summed E-state index contributed by atoms with van der Waals surface area (Å²) in [6.45, 7) is 0. The first-order chi connectivity index (χ1) is 23.3. The fourth-order valence-corrected chi connectivity index (χ4v) is 7.64. The molecule has 220 valence electrons. The summed E-state index contributed by atoms with van der Waals surface area (Å²) in [5.41, 5.74) is 6.59. The first-order valence-corrected chi connectivity index (χ1v) is 16.5. The van der Waals surface area contributed by atoms with Gasteiger partial charge in [0.1, 0.15) is 0 Å². The van der Waals surface area contributed by atoms with Gasteiger partial charge in [-0.1, -0.05) is 152 Å². The highest BCUT2D eigenvalue weighted by Crippen LogP contribution is 2.44. The highest BCUT2D eigenvalue weighted by atomic mass is 32.1. The Kier molecular flexibility index (Phi) is 6.65. The van der Waals surface area contributed by atoms with E-state index in [0.717, 1.165) is 37.9 Å². The van der Waals surface area contributed by atoms with Crippen LogP contribution in [0.3, 0.4) is 0 Å². The van der Waals surface area contributed by atoms with Crippen molar-refractivity contribution >= 4 is 43.0 Å². The van der Waals surface area contributed by atoms with E-state index >= 15 is 0 Å². The van der Waals surface area contributed by atoms with Crippen molar-refractivity contribution in [3.8, 4) is 55.7 Å². The molecule has 3 nitrogen and oxygen atoms in total. The number of nitrogens with zero attached hydrogens (tertiary/aromatic N) is 3. The zero-order valence-corrected chi connectivity index (χ0v) is 26.2. The lowest BCUT2D eigenvalue weighted by molar-refractivity contribution is 1.08. The van der Waals surface area contributed by atoms with Crippen LogP contribution in [0.2, 0.25) is 0 Å². The van der Waals surface area contributed by atoms with Gasteiger partial charge in [0, 0.05) is 15.8 Å². The Hall–Kier alpha value is -5.97. The van der Waals surface area contributed by atoms with Crippen molar-refractivity contribution in [2.24, 2.45) is 0 Å². The average molecular weight is 618 g/mol. The van der Waals surface area contributed by atoms with E-state index in [9.17, 15) is 0 Å². The lowest BCUT2D eigenvalue weighted by Gasteiger charge is -2.17. The summed E-state index contributed by atoms with van der Waals surface area (Å²) in [6.07, 6.45) is 0. The molecule has 7 aromatic carbocycles. The van der Waals surface area contributed by atoms with Gasteiger partial charge in [-0.15, -0.1) is 11.3 Å². The van der Waals surface area contributed by atoms with Crippen molar-refractivity contribution < 1.29 is 0 Å². The smallest absolute Gasteiger partial charge is 0.174 e.